The molecule has 1 aromatic rings. The number of ether oxygens (including phenoxy) is 1. The Morgan fingerprint density at radius 3 is 2.38 bits per heavy atom. The first kappa shape index (κ1) is 15.3. The second-order valence-corrected chi connectivity index (χ2v) is 5.18. The van der Waals surface area contributed by atoms with Crippen LogP contribution in [0.1, 0.15) is 15.9 Å². The summed E-state index contributed by atoms with van der Waals surface area (Å²) in [7, 11) is 1.50. The van der Waals surface area contributed by atoms with E-state index in [0.717, 1.165) is 5.56 Å². The predicted octanol–water partition coefficient (Wildman–Crippen LogP) is 0.508. The van der Waals surface area contributed by atoms with Crippen LogP contribution in [0.5, 0.6) is 0 Å². The van der Waals surface area contributed by atoms with Crippen molar-refractivity contribution in [2.24, 2.45) is 0 Å². The Bertz CT molecular complexity index is 537. The molecule has 6 nitrogen and oxygen atoms in total. The van der Waals surface area contributed by atoms with Gasteiger partial charge < -0.3 is 20.3 Å². The minimum Gasteiger partial charge on any atom is -0.398 e. The van der Waals surface area contributed by atoms with E-state index in [1.807, 2.05) is 13.0 Å². The first-order valence-corrected chi connectivity index (χ1v) is 6.95. The van der Waals surface area contributed by atoms with Gasteiger partial charge in [-0.05, 0) is 24.6 Å². The van der Waals surface area contributed by atoms with E-state index in [0.29, 0.717) is 37.4 Å². The summed E-state index contributed by atoms with van der Waals surface area (Å²) in [6.45, 7) is 4.13. The van der Waals surface area contributed by atoms with E-state index < -0.39 is 0 Å². The quantitative estimate of drug-likeness (QED) is 0.823. The Hall–Kier alpha value is -2.08. The summed E-state index contributed by atoms with van der Waals surface area (Å²) in [5.74, 6) is -0.0790. The van der Waals surface area contributed by atoms with Crippen molar-refractivity contribution in [2.45, 2.75) is 6.92 Å². The highest BCUT2D eigenvalue weighted by Gasteiger charge is 2.24. The number of nitrogens with zero attached hydrogens (tertiary/aromatic N) is 2. The number of rotatable bonds is 3. The Morgan fingerprint density at radius 2 is 1.81 bits per heavy atom. The highest BCUT2D eigenvalue weighted by atomic mass is 16.5. The maximum Gasteiger partial charge on any atom is 0.254 e. The third-order valence-electron chi connectivity index (χ3n) is 3.71. The van der Waals surface area contributed by atoms with Gasteiger partial charge in [-0.3, -0.25) is 9.59 Å². The molecular formula is C15H21N3O3. The maximum absolute atomic E-state index is 12.4. The van der Waals surface area contributed by atoms with Crippen LogP contribution in [-0.4, -0.2) is 61.5 Å². The summed E-state index contributed by atoms with van der Waals surface area (Å²) in [5, 5.41) is 0. The SMILES string of the molecule is COCC(=O)N1CCN(C(=O)c2ccc(C)c(N)c2)CC1. The molecule has 2 rings (SSSR count). The van der Waals surface area contributed by atoms with Crippen LogP contribution < -0.4 is 5.73 Å². The number of benzene rings is 1. The molecule has 21 heavy (non-hydrogen) atoms. The number of hydrogen-bond donors (Lipinski definition) is 1. The van der Waals surface area contributed by atoms with Crippen molar-refractivity contribution in [3.8, 4) is 0 Å². The highest BCUT2D eigenvalue weighted by Crippen LogP contribution is 2.15. The predicted molar refractivity (Wildman–Crippen MR) is 80.0 cm³/mol. The van der Waals surface area contributed by atoms with Crippen molar-refractivity contribution in [3.63, 3.8) is 0 Å². The van der Waals surface area contributed by atoms with Crippen molar-refractivity contribution in [2.75, 3.05) is 45.6 Å². The van der Waals surface area contributed by atoms with Crippen molar-refractivity contribution in [1.29, 1.82) is 0 Å². The molecule has 1 heterocycles. The van der Waals surface area contributed by atoms with Gasteiger partial charge in [0, 0.05) is 44.5 Å². The first-order chi connectivity index (χ1) is 10.0. The molecule has 0 spiro atoms. The summed E-state index contributed by atoms with van der Waals surface area (Å²) in [5.41, 5.74) is 8.02. The van der Waals surface area contributed by atoms with Gasteiger partial charge in [0.25, 0.3) is 5.91 Å². The topological polar surface area (TPSA) is 75.9 Å². The lowest BCUT2D eigenvalue weighted by molar-refractivity contribution is -0.136. The third kappa shape index (κ3) is 3.52. The van der Waals surface area contributed by atoms with Gasteiger partial charge >= 0.3 is 0 Å². The Kier molecular flexibility index (Phi) is 4.80. The Balaban J connectivity index is 1.97. The molecule has 0 atom stereocenters. The minimum absolute atomic E-state index is 0.0378. The Labute approximate surface area is 124 Å². The van der Waals surface area contributed by atoms with E-state index in [4.69, 9.17) is 10.5 Å². The lowest BCUT2D eigenvalue weighted by Gasteiger charge is -2.34. The van der Waals surface area contributed by atoms with Crippen LogP contribution in [0.2, 0.25) is 0 Å². The van der Waals surface area contributed by atoms with Crippen LogP contribution in [0.15, 0.2) is 18.2 Å². The molecule has 0 unspecified atom stereocenters. The zero-order valence-electron chi connectivity index (χ0n) is 12.5. The fourth-order valence-corrected chi connectivity index (χ4v) is 2.33. The number of anilines is 1. The minimum atomic E-state index is -0.0412. The van der Waals surface area contributed by atoms with Crippen molar-refractivity contribution < 1.29 is 14.3 Å². The largest absolute Gasteiger partial charge is 0.398 e. The van der Waals surface area contributed by atoms with E-state index in [2.05, 4.69) is 0 Å². The molecule has 2 N–H and O–H groups in total. The van der Waals surface area contributed by atoms with Crippen molar-refractivity contribution in [1.82, 2.24) is 9.80 Å². The molecular weight excluding hydrogens is 270 g/mol. The average molecular weight is 291 g/mol. The van der Waals surface area contributed by atoms with Gasteiger partial charge in [0.2, 0.25) is 5.91 Å². The Morgan fingerprint density at radius 1 is 1.19 bits per heavy atom. The number of carbonyl (C=O) groups excluding carboxylic acids is 2. The van der Waals surface area contributed by atoms with Gasteiger partial charge in [-0.15, -0.1) is 0 Å². The standard InChI is InChI=1S/C15H21N3O3/c1-11-3-4-12(9-13(11)16)15(20)18-7-5-17(6-8-18)14(19)10-21-2/h3-4,9H,5-8,10,16H2,1-2H3. The lowest BCUT2D eigenvalue weighted by atomic mass is 10.1. The normalized spacial score (nSPS) is 15.1. The summed E-state index contributed by atoms with van der Waals surface area (Å²) in [6, 6.07) is 5.34. The molecule has 2 amide bonds. The molecule has 1 aliphatic rings. The van der Waals surface area contributed by atoms with Crippen LogP contribution in [-0.2, 0) is 9.53 Å². The second kappa shape index (κ2) is 6.58. The molecule has 0 bridgehead atoms. The van der Waals surface area contributed by atoms with E-state index in [-0.39, 0.29) is 18.4 Å². The molecule has 0 aromatic heterocycles. The lowest BCUT2D eigenvalue weighted by Crippen LogP contribution is -2.51. The zero-order chi connectivity index (χ0) is 15.4. The summed E-state index contributed by atoms with van der Waals surface area (Å²) in [6.07, 6.45) is 0. The molecule has 1 saturated heterocycles. The van der Waals surface area contributed by atoms with Crippen molar-refractivity contribution >= 4 is 17.5 Å². The molecule has 1 aromatic carbocycles. The number of nitrogens with two attached hydrogens (primary N) is 1. The van der Waals surface area contributed by atoms with E-state index in [1.165, 1.54) is 7.11 Å². The summed E-state index contributed by atoms with van der Waals surface area (Å²) in [4.78, 5) is 27.6. The number of methoxy groups -OCH3 is 1. The van der Waals surface area contributed by atoms with Crippen LogP contribution in [0.25, 0.3) is 0 Å². The molecule has 1 aliphatic heterocycles. The van der Waals surface area contributed by atoms with Crippen LogP contribution in [0.3, 0.4) is 0 Å². The van der Waals surface area contributed by atoms with Gasteiger partial charge in [-0.25, -0.2) is 0 Å². The van der Waals surface area contributed by atoms with Gasteiger partial charge in [0.1, 0.15) is 6.61 Å². The van der Waals surface area contributed by atoms with Gasteiger partial charge in [-0.1, -0.05) is 6.07 Å². The number of aryl methyl sites for hydroxylation is 1. The monoisotopic (exact) mass is 291 g/mol. The van der Waals surface area contributed by atoms with Gasteiger partial charge in [0.15, 0.2) is 0 Å². The smallest absolute Gasteiger partial charge is 0.254 e. The van der Waals surface area contributed by atoms with Gasteiger partial charge in [-0.2, -0.15) is 0 Å². The van der Waals surface area contributed by atoms with Gasteiger partial charge in [0.05, 0.1) is 0 Å². The van der Waals surface area contributed by atoms with E-state index >= 15 is 0 Å². The zero-order valence-corrected chi connectivity index (χ0v) is 12.5. The van der Waals surface area contributed by atoms with E-state index in [1.54, 1.807) is 21.9 Å². The van der Waals surface area contributed by atoms with E-state index in [9.17, 15) is 9.59 Å². The first-order valence-electron chi connectivity index (χ1n) is 6.95. The van der Waals surface area contributed by atoms with Crippen LogP contribution in [0.4, 0.5) is 5.69 Å². The van der Waals surface area contributed by atoms with Crippen LogP contribution >= 0.6 is 0 Å². The average Bonchev–Trinajstić information content (AvgIpc) is 2.50. The molecule has 0 saturated carbocycles. The summed E-state index contributed by atoms with van der Waals surface area (Å²) < 4.78 is 4.84. The fourth-order valence-electron chi connectivity index (χ4n) is 2.33. The van der Waals surface area contributed by atoms with Crippen molar-refractivity contribution in [3.05, 3.63) is 29.3 Å². The second-order valence-electron chi connectivity index (χ2n) is 5.18. The molecule has 114 valence electrons. The summed E-state index contributed by atoms with van der Waals surface area (Å²) >= 11 is 0. The molecule has 6 heteroatoms. The molecule has 0 radical (unpaired) electrons. The third-order valence-corrected chi connectivity index (χ3v) is 3.71. The number of hydrogen-bond acceptors (Lipinski definition) is 4. The highest BCUT2D eigenvalue weighted by molar-refractivity contribution is 5.95. The molecule has 0 aliphatic carbocycles. The number of carbonyl (C=O) groups is 2. The fraction of sp³-hybridized carbons (Fsp3) is 0.467. The number of piperazine rings is 1. The van der Waals surface area contributed by atoms with Crippen LogP contribution in [0, 0.1) is 6.92 Å². The number of amides is 2. The maximum atomic E-state index is 12.4. The number of nitrogen functional groups attached to an aromatic ring is 1. The molecule has 1 fully saturated rings.